The number of anilines is 2. The number of benzene rings is 1. The van der Waals surface area contributed by atoms with Crippen LogP contribution in [-0.2, 0) is 0 Å². The number of hydrogen-bond donors (Lipinski definition) is 3. The molecule has 0 aliphatic rings. The quantitative estimate of drug-likeness (QED) is 0.655. The molecule has 2 amide bonds. The van der Waals surface area contributed by atoms with Crippen LogP contribution < -0.4 is 16.4 Å². The maximum Gasteiger partial charge on any atom is 0.319 e. The van der Waals surface area contributed by atoms with Gasteiger partial charge in [0, 0.05) is 5.54 Å². The molecule has 0 radical (unpaired) electrons. The second-order valence-corrected chi connectivity index (χ2v) is 5.35. The topological polar surface area (TPSA) is 67.1 Å². The van der Waals surface area contributed by atoms with Crippen molar-refractivity contribution in [2.24, 2.45) is 0 Å². The average molecular weight is 235 g/mol. The van der Waals surface area contributed by atoms with E-state index >= 15 is 0 Å². The van der Waals surface area contributed by atoms with Crippen molar-refractivity contribution in [3.05, 3.63) is 23.3 Å². The maximum atomic E-state index is 11.7. The Balaban J connectivity index is 2.82. The van der Waals surface area contributed by atoms with E-state index in [2.05, 4.69) is 10.6 Å². The van der Waals surface area contributed by atoms with Crippen LogP contribution in [0.5, 0.6) is 0 Å². The van der Waals surface area contributed by atoms with Gasteiger partial charge in [-0.25, -0.2) is 4.79 Å². The smallest absolute Gasteiger partial charge is 0.319 e. The Morgan fingerprint density at radius 3 is 2.24 bits per heavy atom. The molecule has 94 valence electrons. The molecule has 0 bridgehead atoms. The van der Waals surface area contributed by atoms with Gasteiger partial charge in [-0.2, -0.15) is 0 Å². The van der Waals surface area contributed by atoms with Gasteiger partial charge in [-0.3, -0.25) is 0 Å². The number of rotatable bonds is 1. The number of carbonyl (C=O) groups excluding carboxylic acids is 1. The highest BCUT2D eigenvalue weighted by atomic mass is 16.2. The first-order valence-electron chi connectivity index (χ1n) is 5.65. The fraction of sp³-hybridized carbons (Fsp3) is 0.462. The van der Waals surface area contributed by atoms with E-state index in [1.807, 2.05) is 46.8 Å². The van der Waals surface area contributed by atoms with Gasteiger partial charge in [0.05, 0.1) is 11.4 Å². The van der Waals surface area contributed by atoms with Crippen molar-refractivity contribution in [3.63, 3.8) is 0 Å². The van der Waals surface area contributed by atoms with Crippen molar-refractivity contribution >= 4 is 17.4 Å². The largest absolute Gasteiger partial charge is 0.397 e. The summed E-state index contributed by atoms with van der Waals surface area (Å²) in [5, 5.41) is 5.58. The molecule has 0 aromatic heterocycles. The minimum Gasteiger partial charge on any atom is -0.397 e. The summed E-state index contributed by atoms with van der Waals surface area (Å²) >= 11 is 0. The van der Waals surface area contributed by atoms with Crippen molar-refractivity contribution in [1.82, 2.24) is 5.32 Å². The van der Waals surface area contributed by atoms with Crippen LogP contribution in [0.2, 0.25) is 0 Å². The molecule has 4 N–H and O–H groups in total. The SMILES string of the molecule is Cc1cc(N)c(NC(=O)NC(C)(C)C)cc1C. The zero-order valence-electron chi connectivity index (χ0n) is 11.1. The van der Waals surface area contributed by atoms with Crippen LogP contribution >= 0.6 is 0 Å². The first-order valence-corrected chi connectivity index (χ1v) is 5.65. The minimum absolute atomic E-state index is 0.243. The summed E-state index contributed by atoms with van der Waals surface area (Å²) in [5.74, 6) is 0. The summed E-state index contributed by atoms with van der Waals surface area (Å²) in [4.78, 5) is 11.7. The summed E-state index contributed by atoms with van der Waals surface area (Å²) in [5.41, 5.74) is 9.04. The van der Waals surface area contributed by atoms with E-state index in [1.54, 1.807) is 0 Å². The second kappa shape index (κ2) is 4.65. The lowest BCUT2D eigenvalue weighted by atomic mass is 10.1. The fourth-order valence-corrected chi connectivity index (χ4v) is 1.44. The number of carbonyl (C=O) groups is 1. The van der Waals surface area contributed by atoms with Gasteiger partial charge in [-0.1, -0.05) is 0 Å². The van der Waals surface area contributed by atoms with Crippen LogP contribution in [0.3, 0.4) is 0 Å². The number of amides is 2. The lowest BCUT2D eigenvalue weighted by molar-refractivity contribution is 0.244. The molecule has 0 saturated carbocycles. The van der Waals surface area contributed by atoms with Gasteiger partial charge in [0.25, 0.3) is 0 Å². The van der Waals surface area contributed by atoms with E-state index < -0.39 is 0 Å². The first-order chi connectivity index (χ1) is 7.69. The Morgan fingerprint density at radius 2 is 1.71 bits per heavy atom. The van der Waals surface area contributed by atoms with Gasteiger partial charge in [-0.15, -0.1) is 0 Å². The molecular formula is C13H21N3O. The highest BCUT2D eigenvalue weighted by Gasteiger charge is 2.14. The predicted molar refractivity (Wildman–Crippen MR) is 72.2 cm³/mol. The molecule has 4 heteroatoms. The Bertz CT molecular complexity index is 433. The van der Waals surface area contributed by atoms with Crippen LogP contribution in [0.4, 0.5) is 16.2 Å². The zero-order chi connectivity index (χ0) is 13.2. The van der Waals surface area contributed by atoms with Crippen LogP contribution in [0.15, 0.2) is 12.1 Å². The monoisotopic (exact) mass is 235 g/mol. The van der Waals surface area contributed by atoms with Crippen molar-refractivity contribution in [3.8, 4) is 0 Å². The molecule has 1 rings (SSSR count). The number of aryl methyl sites for hydroxylation is 2. The van der Waals surface area contributed by atoms with Gasteiger partial charge in [0.15, 0.2) is 0 Å². The average Bonchev–Trinajstić information content (AvgIpc) is 2.11. The number of nitrogen functional groups attached to an aromatic ring is 1. The molecule has 1 aromatic carbocycles. The molecule has 17 heavy (non-hydrogen) atoms. The minimum atomic E-state index is -0.265. The molecule has 0 fully saturated rings. The van der Waals surface area contributed by atoms with E-state index in [9.17, 15) is 4.79 Å². The normalized spacial score (nSPS) is 11.1. The third-order valence-electron chi connectivity index (χ3n) is 2.40. The third-order valence-corrected chi connectivity index (χ3v) is 2.40. The van der Waals surface area contributed by atoms with Gasteiger partial charge >= 0.3 is 6.03 Å². The number of urea groups is 1. The summed E-state index contributed by atoms with van der Waals surface area (Å²) < 4.78 is 0. The fourth-order valence-electron chi connectivity index (χ4n) is 1.44. The van der Waals surface area contributed by atoms with Crippen LogP contribution in [0.25, 0.3) is 0 Å². The molecule has 1 aromatic rings. The van der Waals surface area contributed by atoms with Crippen molar-refractivity contribution in [2.45, 2.75) is 40.2 Å². The van der Waals surface area contributed by atoms with E-state index in [-0.39, 0.29) is 11.6 Å². The third kappa shape index (κ3) is 3.98. The lowest BCUT2D eigenvalue weighted by Crippen LogP contribution is -2.43. The van der Waals surface area contributed by atoms with Gasteiger partial charge in [-0.05, 0) is 57.9 Å². The van der Waals surface area contributed by atoms with Crippen molar-refractivity contribution in [1.29, 1.82) is 0 Å². The first kappa shape index (κ1) is 13.4. The Kier molecular flexibility index (Phi) is 3.66. The zero-order valence-corrected chi connectivity index (χ0v) is 11.1. The molecule has 0 atom stereocenters. The molecule has 0 unspecified atom stereocenters. The lowest BCUT2D eigenvalue weighted by Gasteiger charge is -2.21. The number of hydrogen-bond acceptors (Lipinski definition) is 2. The van der Waals surface area contributed by atoms with Gasteiger partial charge < -0.3 is 16.4 Å². The molecule has 0 heterocycles. The van der Waals surface area contributed by atoms with Crippen molar-refractivity contribution in [2.75, 3.05) is 11.1 Å². The summed E-state index contributed by atoms with van der Waals surface area (Å²) in [7, 11) is 0. The van der Waals surface area contributed by atoms with E-state index in [4.69, 9.17) is 5.73 Å². The molecule has 4 nitrogen and oxygen atoms in total. The highest BCUT2D eigenvalue weighted by Crippen LogP contribution is 2.22. The Labute approximate surface area is 103 Å². The maximum absolute atomic E-state index is 11.7. The van der Waals surface area contributed by atoms with E-state index in [0.29, 0.717) is 11.4 Å². The Hall–Kier alpha value is -1.71. The van der Waals surface area contributed by atoms with E-state index in [1.165, 1.54) is 0 Å². The molecule has 0 aliphatic carbocycles. The van der Waals surface area contributed by atoms with Crippen LogP contribution in [0.1, 0.15) is 31.9 Å². The second-order valence-electron chi connectivity index (χ2n) is 5.35. The molecule has 0 spiro atoms. The molecular weight excluding hydrogens is 214 g/mol. The van der Waals surface area contributed by atoms with Crippen molar-refractivity contribution < 1.29 is 4.79 Å². The van der Waals surface area contributed by atoms with Gasteiger partial charge in [0.2, 0.25) is 0 Å². The van der Waals surface area contributed by atoms with Gasteiger partial charge in [0.1, 0.15) is 0 Å². The summed E-state index contributed by atoms with van der Waals surface area (Å²) in [6, 6.07) is 3.50. The van der Waals surface area contributed by atoms with Crippen LogP contribution in [0, 0.1) is 13.8 Å². The number of nitrogens with two attached hydrogens (primary N) is 1. The number of nitrogens with one attached hydrogen (secondary N) is 2. The molecule has 0 saturated heterocycles. The highest BCUT2D eigenvalue weighted by molar-refractivity contribution is 5.93. The predicted octanol–water partition coefficient (Wildman–Crippen LogP) is 2.81. The van der Waals surface area contributed by atoms with Crippen LogP contribution in [-0.4, -0.2) is 11.6 Å². The summed E-state index contributed by atoms with van der Waals surface area (Å²) in [6.45, 7) is 9.76. The summed E-state index contributed by atoms with van der Waals surface area (Å²) in [6.07, 6.45) is 0. The standard InChI is InChI=1S/C13H21N3O/c1-8-6-10(14)11(7-9(8)2)15-12(17)16-13(3,4)5/h6-7H,14H2,1-5H3,(H2,15,16,17). The van der Waals surface area contributed by atoms with E-state index in [0.717, 1.165) is 11.1 Å². The Morgan fingerprint density at radius 1 is 1.18 bits per heavy atom. The molecule has 0 aliphatic heterocycles.